The van der Waals surface area contributed by atoms with Crippen molar-refractivity contribution in [3.8, 4) is 5.69 Å². The summed E-state index contributed by atoms with van der Waals surface area (Å²) in [6, 6.07) is 10.9. The Labute approximate surface area is 190 Å². The zero-order chi connectivity index (χ0) is 23.2. The molecule has 0 atom stereocenters. The zero-order valence-corrected chi connectivity index (χ0v) is 18.5. The molecule has 1 aliphatic heterocycles. The monoisotopic (exact) mass is 472 g/mol. The van der Waals surface area contributed by atoms with Crippen LogP contribution < -0.4 is 9.62 Å². The molecule has 1 aliphatic carbocycles. The molecule has 2 aliphatic rings. The Bertz CT molecular complexity index is 1350. The van der Waals surface area contributed by atoms with Crippen molar-refractivity contribution < 1.29 is 22.0 Å². The van der Waals surface area contributed by atoms with Crippen molar-refractivity contribution in [3.05, 3.63) is 76.6 Å². The molecule has 1 aromatic heterocycles. The van der Waals surface area contributed by atoms with Crippen molar-refractivity contribution >= 4 is 21.6 Å². The Balaban J connectivity index is 1.30. The summed E-state index contributed by atoms with van der Waals surface area (Å²) in [7, 11) is -3.59. The van der Waals surface area contributed by atoms with Gasteiger partial charge in [-0.1, -0.05) is 18.2 Å². The number of carbonyl (C=O) groups is 1. The van der Waals surface area contributed by atoms with E-state index in [1.54, 1.807) is 12.1 Å². The van der Waals surface area contributed by atoms with Crippen LogP contribution in [0.2, 0.25) is 0 Å². The second kappa shape index (κ2) is 8.26. The lowest BCUT2D eigenvalue weighted by molar-refractivity contribution is 0.0950. The molecule has 0 spiro atoms. The Morgan fingerprint density at radius 1 is 1.06 bits per heavy atom. The van der Waals surface area contributed by atoms with E-state index in [0.29, 0.717) is 37.2 Å². The minimum absolute atomic E-state index is 0.0629. The number of halogens is 2. The highest BCUT2D eigenvalue weighted by Crippen LogP contribution is 2.30. The van der Waals surface area contributed by atoms with Crippen LogP contribution in [0.4, 0.5) is 14.5 Å². The summed E-state index contributed by atoms with van der Waals surface area (Å²) in [5.41, 5.74) is 3.74. The van der Waals surface area contributed by atoms with Crippen LogP contribution in [-0.2, 0) is 29.3 Å². The Morgan fingerprint density at radius 3 is 2.70 bits per heavy atom. The van der Waals surface area contributed by atoms with E-state index in [4.69, 9.17) is 0 Å². The van der Waals surface area contributed by atoms with E-state index in [1.165, 1.54) is 15.1 Å². The third-order valence-electron chi connectivity index (χ3n) is 6.12. The first-order valence-corrected chi connectivity index (χ1v) is 12.4. The van der Waals surface area contributed by atoms with E-state index in [1.807, 2.05) is 12.1 Å². The number of rotatable bonds is 6. The minimum atomic E-state index is -3.59. The molecule has 5 rings (SSSR count). The lowest BCUT2D eigenvalue weighted by Crippen LogP contribution is -2.37. The number of aromatic nitrogens is 2. The maximum atomic E-state index is 13.7. The summed E-state index contributed by atoms with van der Waals surface area (Å²) < 4.78 is 55.6. The molecule has 0 bridgehead atoms. The molecular weight excluding hydrogens is 450 g/mol. The van der Waals surface area contributed by atoms with Gasteiger partial charge in [0.15, 0.2) is 17.3 Å². The normalized spacial score (nSPS) is 14.9. The highest BCUT2D eigenvalue weighted by atomic mass is 32.2. The number of amides is 1. The van der Waals surface area contributed by atoms with Crippen LogP contribution in [0.15, 0.2) is 42.5 Å². The first-order valence-electron chi connectivity index (χ1n) is 10.8. The van der Waals surface area contributed by atoms with E-state index >= 15 is 0 Å². The number of nitrogens with one attached hydrogen (secondary N) is 1. The first kappa shape index (κ1) is 21.6. The highest BCUT2D eigenvalue weighted by Gasteiger charge is 2.30. The largest absolute Gasteiger partial charge is 0.350 e. The molecule has 0 radical (unpaired) electrons. The maximum absolute atomic E-state index is 13.7. The Hall–Kier alpha value is -3.27. The Kier molecular flexibility index (Phi) is 5.40. The smallest absolute Gasteiger partial charge is 0.272 e. The van der Waals surface area contributed by atoms with E-state index in [0.717, 1.165) is 35.4 Å². The quantitative estimate of drug-likeness (QED) is 0.598. The fourth-order valence-electron chi connectivity index (χ4n) is 4.53. The molecule has 7 nitrogen and oxygen atoms in total. The van der Waals surface area contributed by atoms with Crippen molar-refractivity contribution in [1.29, 1.82) is 0 Å². The number of carbonyl (C=O) groups excluding carboxylic acids is 1. The van der Waals surface area contributed by atoms with Crippen molar-refractivity contribution in [1.82, 2.24) is 15.1 Å². The van der Waals surface area contributed by atoms with E-state index in [9.17, 15) is 22.0 Å². The van der Waals surface area contributed by atoms with Gasteiger partial charge in [0.1, 0.15) is 0 Å². The lowest BCUT2D eigenvalue weighted by Gasteiger charge is -2.19. The summed E-state index contributed by atoms with van der Waals surface area (Å²) >= 11 is 0. The molecule has 0 unspecified atom stereocenters. The molecule has 0 saturated heterocycles. The average molecular weight is 473 g/mol. The maximum Gasteiger partial charge on any atom is 0.272 e. The van der Waals surface area contributed by atoms with Crippen molar-refractivity contribution in [2.24, 2.45) is 0 Å². The average Bonchev–Trinajstić information content (AvgIpc) is 3.50. The number of anilines is 1. The van der Waals surface area contributed by atoms with Gasteiger partial charge in [-0.25, -0.2) is 21.9 Å². The summed E-state index contributed by atoms with van der Waals surface area (Å²) in [5.74, 6) is -2.66. The molecular formula is C23H22F2N4O3S. The van der Waals surface area contributed by atoms with E-state index in [-0.39, 0.29) is 18.0 Å². The van der Waals surface area contributed by atoms with Gasteiger partial charge in [-0.05, 0) is 49.4 Å². The molecule has 10 heteroatoms. The third-order valence-corrected chi connectivity index (χ3v) is 7.89. The number of para-hydroxylation sites is 1. The van der Waals surface area contributed by atoms with Gasteiger partial charge in [-0.2, -0.15) is 5.10 Å². The summed E-state index contributed by atoms with van der Waals surface area (Å²) in [4.78, 5) is 12.8. The van der Waals surface area contributed by atoms with Gasteiger partial charge < -0.3 is 5.32 Å². The number of hydrogen-bond donors (Lipinski definition) is 1. The number of fused-ring (bicyclic) bond motifs is 2. The second-order valence-corrected chi connectivity index (χ2v) is 10.2. The molecule has 172 valence electrons. The van der Waals surface area contributed by atoms with Gasteiger partial charge in [0.2, 0.25) is 10.0 Å². The summed E-state index contributed by atoms with van der Waals surface area (Å²) in [6.45, 7) is 0.328. The second-order valence-electron chi connectivity index (χ2n) is 8.16. The zero-order valence-electron chi connectivity index (χ0n) is 17.7. The fourth-order valence-corrected chi connectivity index (χ4v) is 5.96. The third kappa shape index (κ3) is 3.88. The van der Waals surface area contributed by atoms with Gasteiger partial charge in [0, 0.05) is 30.4 Å². The molecule has 33 heavy (non-hydrogen) atoms. The van der Waals surface area contributed by atoms with Gasteiger partial charge in [0.05, 0.1) is 17.1 Å². The van der Waals surface area contributed by atoms with E-state index in [2.05, 4.69) is 10.4 Å². The van der Waals surface area contributed by atoms with Crippen LogP contribution in [-0.4, -0.2) is 42.9 Å². The van der Waals surface area contributed by atoms with Crippen LogP contribution in [0.3, 0.4) is 0 Å². The fraction of sp³-hybridized carbons (Fsp3) is 0.304. The van der Waals surface area contributed by atoms with Gasteiger partial charge in [-0.15, -0.1) is 0 Å². The van der Waals surface area contributed by atoms with Gasteiger partial charge >= 0.3 is 0 Å². The van der Waals surface area contributed by atoms with Crippen LogP contribution in [0.1, 0.15) is 33.7 Å². The lowest BCUT2D eigenvalue weighted by atomic mass is 10.2. The summed E-state index contributed by atoms with van der Waals surface area (Å²) in [6.07, 6.45) is 2.79. The van der Waals surface area contributed by atoms with Gasteiger partial charge in [-0.3, -0.25) is 9.10 Å². The van der Waals surface area contributed by atoms with Gasteiger partial charge in [0.25, 0.3) is 5.91 Å². The molecule has 1 amide bonds. The number of hydrogen-bond acceptors (Lipinski definition) is 4. The number of benzene rings is 2. The van der Waals surface area contributed by atoms with Crippen LogP contribution in [0.25, 0.3) is 5.69 Å². The highest BCUT2D eigenvalue weighted by molar-refractivity contribution is 7.92. The predicted octanol–water partition coefficient (Wildman–Crippen LogP) is 2.76. The molecule has 0 fully saturated rings. The number of nitrogens with zero attached hydrogens (tertiary/aromatic N) is 3. The summed E-state index contributed by atoms with van der Waals surface area (Å²) in [5, 5.41) is 7.01. The molecule has 3 aromatic rings. The standard InChI is InChI=1S/C23H22F2N4O3S/c24-18-9-8-16(14-19(18)25)29-21-7-3-5-17(21)22(27-29)23(30)26-11-13-33(31,32)28-12-10-15-4-1-2-6-20(15)28/h1-2,4,6,8-9,14H,3,5,7,10-13H2,(H,26,30). The Morgan fingerprint density at radius 2 is 1.88 bits per heavy atom. The van der Waals surface area contributed by atoms with E-state index < -0.39 is 27.6 Å². The minimum Gasteiger partial charge on any atom is -0.350 e. The van der Waals surface area contributed by atoms with Crippen LogP contribution >= 0.6 is 0 Å². The predicted molar refractivity (Wildman–Crippen MR) is 119 cm³/mol. The first-order chi connectivity index (χ1) is 15.8. The number of sulfonamides is 1. The molecule has 1 N–H and O–H groups in total. The van der Waals surface area contributed by atoms with Crippen molar-refractivity contribution in [2.45, 2.75) is 25.7 Å². The molecule has 2 heterocycles. The topological polar surface area (TPSA) is 84.3 Å². The molecule has 0 saturated carbocycles. The van der Waals surface area contributed by atoms with Crippen molar-refractivity contribution in [2.75, 3.05) is 23.1 Å². The van der Waals surface area contributed by atoms with Crippen LogP contribution in [0, 0.1) is 11.6 Å². The van der Waals surface area contributed by atoms with Crippen LogP contribution in [0.5, 0.6) is 0 Å². The SMILES string of the molecule is O=C(NCCS(=O)(=O)N1CCc2ccccc21)c1nn(-c2ccc(F)c(F)c2)c2c1CCC2. The molecule has 2 aromatic carbocycles. The van der Waals surface area contributed by atoms with Crippen molar-refractivity contribution in [3.63, 3.8) is 0 Å².